The lowest BCUT2D eigenvalue weighted by molar-refractivity contribution is 0.511. The molecule has 0 bridgehead atoms. The summed E-state index contributed by atoms with van der Waals surface area (Å²) in [6.45, 7) is 2.03. The predicted octanol–water partition coefficient (Wildman–Crippen LogP) is 1.88. The monoisotopic (exact) mass is 165 g/mol. The lowest BCUT2D eigenvalue weighted by atomic mass is 10.1. The van der Waals surface area contributed by atoms with Crippen LogP contribution in [0.15, 0.2) is 16.7 Å². The fourth-order valence-electron chi connectivity index (χ4n) is 1.63. The van der Waals surface area contributed by atoms with Crippen LogP contribution in [0, 0.1) is 6.92 Å². The largest absolute Gasteiger partial charge is 0.469 e. The summed E-state index contributed by atoms with van der Waals surface area (Å²) in [6, 6.07) is 2.08. The number of likely N-dealkylation sites (N-methyl/N-ethyl adjacent to an activating group) is 1. The quantitative estimate of drug-likeness (QED) is 0.739. The van der Waals surface area contributed by atoms with E-state index in [1.54, 1.807) is 6.26 Å². The zero-order valence-corrected chi connectivity index (χ0v) is 7.68. The number of aryl methyl sites for hydroxylation is 1. The smallest absolute Gasteiger partial charge is 0.103 e. The van der Waals surface area contributed by atoms with Crippen molar-refractivity contribution < 1.29 is 4.42 Å². The Morgan fingerprint density at radius 3 is 2.75 bits per heavy atom. The topological polar surface area (TPSA) is 25.2 Å². The highest BCUT2D eigenvalue weighted by molar-refractivity contribution is 5.22. The summed E-state index contributed by atoms with van der Waals surface area (Å²) in [5.74, 6) is 1.07. The Kier molecular flexibility index (Phi) is 1.72. The van der Waals surface area contributed by atoms with Gasteiger partial charge in [0.25, 0.3) is 0 Å². The minimum Gasteiger partial charge on any atom is -0.469 e. The summed E-state index contributed by atoms with van der Waals surface area (Å²) in [5, 5.41) is 3.38. The summed E-state index contributed by atoms with van der Waals surface area (Å²) in [6.07, 6.45) is 5.49. The van der Waals surface area contributed by atoms with Crippen LogP contribution in [0.2, 0.25) is 0 Å². The Bertz CT molecular complexity index is 273. The molecular weight excluding hydrogens is 150 g/mol. The average Bonchev–Trinajstić information content (AvgIpc) is 2.74. The SMILES string of the molecule is CNC1(Cc2ccoc2C)CC1. The number of hydrogen-bond donors (Lipinski definition) is 1. The molecule has 1 N–H and O–H groups in total. The number of rotatable bonds is 3. The maximum atomic E-state index is 5.25. The summed E-state index contributed by atoms with van der Waals surface area (Å²) in [5.41, 5.74) is 1.75. The maximum Gasteiger partial charge on any atom is 0.103 e. The molecule has 12 heavy (non-hydrogen) atoms. The normalized spacial score (nSPS) is 19.5. The number of furan rings is 1. The van der Waals surface area contributed by atoms with Crippen molar-refractivity contribution in [2.24, 2.45) is 0 Å². The lowest BCUT2D eigenvalue weighted by Gasteiger charge is -2.12. The second-order valence-electron chi connectivity index (χ2n) is 3.71. The molecular formula is C10H15NO. The molecule has 0 saturated heterocycles. The van der Waals surface area contributed by atoms with Crippen molar-refractivity contribution in [2.45, 2.75) is 31.7 Å². The molecule has 0 radical (unpaired) electrons. The Morgan fingerprint density at radius 2 is 2.33 bits per heavy atom. The summed E-state index contributed by atoms with van der Waals surface area (Å²) in [4.78, 5) is 0. The highest BCUT2D eigenvalue weighted by Crippen LogP contribution is 2.38. The molecule has 2 nitrogen and oxygen atoms in total. The predicted molar refractivity (Wildman–Crippen MR) is 48.2 cm³/mol. The molecule has 2 rings (SSSR count). The van der Waals surface area contributed by atoms with Crippen LogP contribution in [0.25, 0.3) is 0 Å². The van der Waals surface area contributed by atoms with E-state index in [0.717, 1.165) is 12.2 Å². The second-order valence-corrected chi connectivity index (χ2v) is 3.71. The van der Waals surface area contributed by atoms with Crippen LogP contribution in [0.1, 0.15) is 24.2 Å². The first-order chi connectivity index (χ1) is 5.76. The Balaban J connectivity index is 2.08. The van der Waals surface area contributed by atoms with Gasteiger partial charge in [-0.25, -0.2) is 0 Å². The molecule has 0 unspecified atom stereocenters. The Morgan fingerprint density at radius 1 is 1.58 bits per heavy atom. The minimum absolute atomic E-state index is 0.397. The van der Waals surface area contributed by atoms with E-state index in [9.17, 15) is 0 Å². The van der Waals surface area contributed by atoms with Crippen molar-refractivity contribution in [3.05, 3.63) is 23.7 Å². The van der Waals surface area contributed by atoms with E-state index < -0.39 is 0 Å². The van der Waals surface area contributed by atoms with E-state index in [4.69, 9.17) is 4.42 Å². The molecule has 0 aromatic carbocycles. The standard InChI is InChI=1S/C10H15NO/c1-8-9(3-6-12-8)7-10(11-2)4-5-10/h3,6,11H,4-5,7H2,1-2H3. The van der Waals surface area contributed by atoms with E-state index in [1.807, 2.05) is 14.0 Å². The van der Waals surface area contributed by atoms with Gasteiger partial charge in [-0.2, -0.15) is 0 Å². The molecule has 1 aliphatic rings. The average molecular weight is 165 g/mol. The van der Waals surface area contributed by atoms with Gasteiger partial charge in [0.05, 0.1) is 6.26 Å². The van der Waals surface area contributed by atoms with Gasteiger partial charge in [0.1, 0.15) is 5.76 Å². The second kappa shape index (κ2) is 2.63. The van der Waals surface area contributed by atoms with Crippen LogP contribution in [0.5, 0.6) is 0 Å². The molecule has 1 fully saturated rings. The third-order valence-corrected chi connectivity index (χ3v) is 2.88. The van der Waals surface area contributed by atoms with E-state index in [1.165, 1.54) is 18.4 Å². The van der Waals surface area contributed by atoms with Crippen LogP contribution in [0.3, 0.4) is 0 Å². The van der Waals surface area contributed by atoms with Gasteiger partial charge >= 0.3 is 0 Å². The summed E-state index contributed by atoms with van der Waals surface area (Å²) in [7, 11) is 2.04. The Labute approximate surface area is 73.0 Å². The molecule has 2 heteroatoms. The highest BCUT2D eigenvalue weighted by Gasteiger charge is 2.41. The molecule has 1 aromatic heterocycles. The van der Waals surface area contributed by atoms with Crippen molar-refractivity contribution in [3.8, 4) is 0 Å². The molecule has 0 atom stereocenters. The summed E-state index contributed by atoms with van der Waals surface area (Å²) < 4.78 is 5.25. The van der Waals surface area contributed by atoms with Crippen molar-refractivity contribution in [1.29, 1.82) is 0 Å². The van der Waals surface area contributed by atoms with E-state index in [0.29, 0.717) is 5.54 Å². The van der Waals surface area contributed by atoms with E-state index in [-0.39, 0.29) is 0 Å². The lowest BCUT2D eigenvalue weighted by Crippen LogP contribution is -2.29. The van der Waals surface area contributed by atoms with Crippen LogP contribution in [0.4, 0.5) is 0 Å². The van der Waals surface area contributed by atoms with Crippen molar-refractivity contribution in [2.75, 3.05) is 7.05 Å². The first-order valence-electron chi connectivity index (χ1n) is 4.48. The van der Waals surface area contributed by atoms with Gasteiger partial charge in [-0.15, -0.1) is 0 Å². The molecule has 1 heterocycles. The van der Waals surface area contributed by atoms with Crippen LogP contribution in [-0.4, -0.2) is 12.6 Å². The molecule has 0 amide bonds. The first kappa shape index (κ1) is 7.87. The van der Waals surface area contributed by atoms with Crippen molar-refractivity contribution in [1.82, 2.24) is 5.32 Å². The van der Waals surface area contributed by atoms with Crippen LogP contribution in [-0.2, 0) is 6.42 Å². The Hall–Kier alpha value is -0.760. The van der Waals surface area contributed by atoms with Crippen LogP contribution < -0.4 is 5.32 Å². The first-order valence-corrected chi connectivity index (χ1v) is 4.48. The maximum absolute atomic E-state index is 5.25. The van der Waals surface area contributed by atoms with Gasteiger partial charge < -0.3 is 9.73 Å². The third-order valence-electron chi connectivity index (χ3n) is 2.88. The zero-order chi connectivity index (χ0) is 8.60. The highest BCUT2D eigenvalue weighted by atomic mass is 16.3. The molecule has 0 spiro atoms. The molecule has 66 valence electrons. The molecule has 1 aliphatic carbocycles. The van der Waals surface area contributed by atoms with Crippen LogP contribution >= 0.6 is 0 Å². The van der Waals surface area contributed by atoms with Gasteiger partial charge in [-0.05, 0) is 44.9 Å². The zero-order valence-electron chi connectivity index (χ0n) is 7.68. The van der Waals surface area contributed by atoms with Crippen molar-refractivity contribution >= 4 is 0 Å². The number of hydrogen-bond acceptors (Lipinski definition) is 2. The molecule has 1 saturated carbocycles. The van der Waals surface area contributed by atoms with Gasteiger partial charge in [0.2, 0.25) is 0 Å². The van der Waals surface area contributed by atoms with Gasteiger partial charge in [0.15, 0.2) is 0 Å². The fraction of sp³-hybridized carbons (Fsp3) is 0.600. The van der Waals surface area contributed by atoms with Gasteiger partial charge in [-0.1, -0.05) is 0 Å². The molecule has 1 aromatic rings. The van der Waals surface area contributed by atoms with E-state index in [2.05, 4.69) is 11.4 Å². The number of nitrogens with one attached hydrogen (secondary N) is 1. The minimum atomic E-state index is 0.397. The fourth-order valence-corrected chi connectivity index (χ4v) is 1.63. The molecule has 0 aliphatic heterocycles. The third kappa shape index (κ3) is 1.27. The van der Waals surface area contributed by atoms with Gasteiger partial charge in [-0.3, -0.25) is 0 Å². The van der Waals surface area contributed by atoms with Crippen molar-refractivity contribution in [3.63, 3.8) is 0 Å². The summed E-state index contributed by atoms with van der Waals surface area (Å²) >= 11 is 0. The van der Waals surface area contributed by atoms with Gasteiger partial charge in [0, 0.05) is 5.54 Å². The van der Waals surface area contributed by atoms with E-state index >= 15 is 0 Å².